The van der Waals surface area contributed by atoms with Gasteiger partial charge in [0.15, 0.2) is 0 Å². The summed E-state index contributed by atoms with van der Waals surface area (Å²) in [5.41, 5.74) is 2.93. The predicted molar refractivity (Wildman–Crippen MR) is 84.8 cm³/mol. The van der Waals surface area contributed by atoms with Crippen molar-refractivity contribution >= 4 is 0 Å². The summed E-state index contributed by atoms with van der Waals surface area (Å²) < 4.78 is 5.68. The predicted octanol–water partition coefficient (Wildman–Crippen LogP) is 2.76. The smallest absolute Gasteiger partial charge is 0.122 e. The molecule has 114 valence electrons. The summed E-state index contributed by atoms with van der Waals surface area (Å²) in [7, 11) is 2.09. The van der Waals surface area contributed by atoms with E-state index in [1.54, 1.807) is 0 Å². The number of likely N-dealkylation sites (tertiary alicyclic amines) is 1. The molecule has 2 fully saturated rings. The van der Waals surface area contributed by atoms with Crippen LogP contribution in [0.15, 0.2) is 18.2 Å². The van der Waals surface area contributed by atoms with Crippen molar-refractivity contribution in [3.63, 3.8) is 0 Å². The molecule has 0 amide bonds. The molecule has 1 aromatic rings. The van der Waals surface area contributed by atoms with Gasteiger partial charge in [-0.2, -0.15) is 0 Å². The number of piperidine rings is 1. The van der Waals surface area contributed by atoms with Crippen LogP contribution in [0.1, 0.15) is 42.9 Å². The molecule has 0 spiro atoms. The highest BCUT2D eigenvalue weighted by atomic mass is 16.5. The molecule has 3 aliphatic rings. The Morgan fingerprint density at radius 1 is 1.29 bits per heavy atom. The number of nitrogens with one attached hydrogen (secondary N) is 1. The monoisotopic (exact) mass is 286 g/mol. The molecule has 1 aromatic carbocycles. The SMILES string of the molecule is CNCC1CCCN(C2CC2)C1c1ccc2c(c1)CCO2. The molecule has 0 aromatic heterocycles. The van der Waals surface area contributed by atoms with Crippen LogP contribution in [0, 0.1) is 5.92 Å². The Labute approximate surface area is 127 Å². The van der Waals surface area contributed by atoms with Crippen molar-refractivity contribution in [2.75, 3.05) is 26.7 Å². The molecule has 0 radical (unpaired) electrons. The van der Waals surface area contributed by atoms with Crippen LogP contribution in [0.2, 0.25) is 0 Å². The van der Waals surface area contributed by atoms with E-state index in [0.29, 0.717) is 6.04 Å². The minimum absolute atomic E-state index is 0.601. The normalized spacial score (nSPS) is 29.2. The van der Waals surface area contributed by atoms with Crippen LogP contribution < -0.4 is 10.1 Å². The summed E-state index contributed by atoms with van der Waals surface area (Å²) in [6.07, 6.45) is 6.58. The van der Waals surface area contributed by atoms with Gasteiger partial charge in [0, 0.05) is 18.5 Å². The van der Waals surface area contributed by atoms with Gasteiger partial charge in [0.2, 0.25) is 0 Å². The molecule has 21 heavy (non-hydrogen) atoms. The fraction of sp³-hybridized carbons (Fsp3) is 0.667. The van der Waals surface area contributed by atoms with Crippen molar-refractivity contribution in [3.05, 3.63) is 29.3 Å². The third kappa shape index (κ3) is 2.58. The van der Waals surface area contributed by atoms with Gasteiger partial charge in [0.1, 0.15) is 5.75 Å². The largest absolute Gasteiger partial charge is 0.493 e. The summed E-state index contributed by atoms with van der Waals surface area (Å²) in [4.78, 5) is 2.79. The van der Waals surface area contributed by atoms with E-state index >= 15 is 0 Å². The lowest BCUT2D eigenvalue weighted by Crippen LogP contribution is -2.43. The van der Waals surface area contributed by atoms with Gasteiger partial charge in [-0.15, -0.1) is 0 Å². The lowest BCUT2D eigenvalue weighted by molar-refractivity contribution is 0.0845. The molecular weight excluding hydrogens is 260 g/mol. The van der Waals surface area contributed by atoms with Gasteiger partial charge in [0.25, 0.3) is 0 Å². The first-order chi connectivity index (χ1) is 10.4. The first-order valence-corrected chi connectivity index (χ1v) is 8.53. The molecule has 1 saturated heterocycles. The van der Waals surface area contributed by atoms with Crippen LogP contribution in [-0.4, -0.2) is 37.7 Å². The minimum atomic E-state index is 0.601. The molecule has 0 bridgehead atoms. The second kappa shape index (κ2) is 5.62. The molecule has 3 heteroatoms. The zero-order valence-corrected chi connectivity index (χ0v) is 13.0. The lowest BCUT2D eigenvalue weighted by atomic mass is 9.83. The molecule has 1 saturated carbocycles. The molecule has 1 N–H and O–H groups in total. The summed E-state index contributed by atoms with van der Waals surface area (Å²) in [6.45, 7) is 3.26. The first-order valence-electron chi connectivity index (χ1n) is 8.53. The Morgan fingerprint density at radius 2 is 2.19 bits per heavy atom. The number of benzene rings is 1. The van der Waals surface area contributed by atoms with Gasteiger partial charge in [0.05, 0.1) is 6.61 Å². The van der Waals surface area contributed by atoms with Crippen LogP contribution in [0.4, 0.5) is 0 Å². The first kappa shape index (κ1) is 13.6. The maximum atomic E-state index is 5.68. The molecule has 2 atom stereocenters. The highest BCUT2D eigenvalue weighted by molar-refractivity contribution is 5.41. The fourth-order valence-electron chi connectivity index (χ4n) is 4.25. The highest BCUT2D eigenvalue weighted by Crippen LogP contribution is 2.43. The molecule has 3 nitrogen and oxygen atoms in total. The maximum Gasteiger partial charge on any atom is 0.122 e. The van der Waals surface area contributed by atoms with Gasteiger partial charge in [-0.25, -0.2) is 0 Å². The fourth-order valence-corrected chi connectivity index (χ4v) is 4.25. The van der Waals surface area contributed by atoms with E-state index < -0.39 is 0 Å². The lowest BCUT2D eigenvalue weighted by Gasteiger charge is -2.42. The van der Waals surface area contributed by atoms with Crippen molar-refractivity contribution in [2.24, 2.45) is 5.92 Å². The molecule has 2 unspecified atom stereocenters. The van der Waals surface area contributed by atoms with Crippen molar-refractivity contribution < 1.29 is 4.74 Å². The Morgan fingerprint density at radius 3 is 3.00 bits per heavy atom. The minimum Gasteiger partial charge on any atom is -0.493 e. The van der Waals surface area contributed by atoms with Crippen LogP contribution in [-0.2, 0) is 6.42 Å². The molecule has 4 rings (SSSR count). The van der Waals surface area contributed by atoms with Gasteiger partial charge >= 0.3 is 0 Å². The van der Waals surface area contributed by atoms with Gasteiger partial charge in [-0.05, 0) is 68.9 Å². The summed E-state index contributed by atoms with van der Waals surface area (Å²) in [5.74, 6) is 1.85. The number of ether oxygens (including phenoxy) is 1. The highest BCUT2D eigenvalue weighted by Gasteiger charge is 2.40. The summed E-state index contributed by atoms with van der Waals surface area (Å²) in [5, 5.41) is 3.42. The second-order valence-corrected chi connectivity index (χ2v) is 6.84. The Kier molecular flexibility index (Phi) is 3.64. The van der Waals surface area contributed by atoms with Gasteiger partial charge < -0.3 is 10.1 Å². The second-order valence-electron chi connectivity index (χ2n) is 6.84. The standard InChI is InChI=1S/C18H26N2O/c1-19-12-15-3-2-9-20(16-5-6-16)18(15)14-4-7-17-13(11-14)8-10-21-17/h4,7,11,15-16,18-19H,2-3,5-6,8-10,12H2,1H3. The number of rotatable bonds is 4. The van der Waals surface area contributed by atoms with Crippen molar-refractivity contribution in [2.45, 2.75) is 44.2 Å². The third-order valence-electron chi connectivity index (χ3n) is 5.33. The van der Waals surface area contributed by atoms with E-state index in [-0.39, 0.29) is 0 Å². The number of hydrogen-bond donors (Lipinski definition) is 1. The van der Waals surface area contributed by atoms with E-state index in [2.05, 4.69) is 35.5 Å². The van der Waals surface area contributed by atoms with E-state index in [4.69, 9.17) is 4.74 Å². The molecule has 1 aliphatic carbocycles. The molecular formula is C18H26N2O. The van der Waals surface area contributed by atoms with E-state index in [1.807, 2.05) is 0 Å². The Hall–Kier alpha value is -1.06. The number of fused-ring (bicyclic) bond motifs is 1. The van der Waals surface area contributed by atoms with Crippen LogP contribution in [0.3, 0.4) is 0 Å². The summed E-state index contributed by atoms with van der Waals surface area (Å²) >= 11 is 0. The van der Waals surface area contributed by atoms with E-state index in [0.717, 1.165) is 37.3 Å². The maximum absolute atomic E-state index is 5.68. The topological polar surface area (TPSA) is 24.5 Å². The molecule has 2 aliphatic heterocycles. The van der Waals surface area contributed by atoms with Crippen molar-refractivity contribution in [1.29, 1.82) is 0 Å². The van der Waals surface area contributed by atoms with Crippen LogP contribution in [0.5, 0.6) is 5.75 Å². The van der Waals surface area contributed by atoms with Gasteiger partial charge in [-0.1, -0.05) is 12.1 Å². The zero-order chi connectivity index (χ0) is 14.2. The number of nitrogens with zero attached hydrogens (tertiary/aromatic N) is 1. The van der Waals surface area contributed by atoms with Crippen molar-refractivity contribution in [1.82, 2.24) is 10.2 Å². The molecule has 2 heterocycles. The zero-order valence-electron chi connectivity index (χ0n) is 13.0. The van der Waals surface area contributed by atoms with E-state index in [9.17, 15) is 0 Å². The number of hydrogen-bond acceptors (Lipinski definition) is 3. The average molecular weight is 286 g/mol. The van der Waals surface area contributed by atoms with Crippen LogP contribution in [0.25, 0.3) is 0 Å². The Balaban J connectivity index is 1.66. The quantitative estimate of drug-likeness (QED) is 0.921. The van der Waals surface area contributed by atoms with Crippen LogP contribution >= 0.6 is 0 Å². The van der Waals surface area contributed by atoms with E-state index in [1.165, 1.54) is 43.4 Å². The van der Waals surface area contributed by atoms with Crippen molar-refractivity contribution in [3.8, 4) is 5.75 Å². The van der Waals surface area contributed by atoms with Gasteiger partial charge in [-0.3, -0.25) is 4.90 Å². The third-order valence-corrected chi connectivity index (χ3v) is 5.33. The average Bonchev–Trinajstić information content (AvgIpc) is 3.25. The summed E-state index contributed by atoms with van der Waals surface area (Å²) in [6, 6.07) is 8.39. The Bertz CT molecular complexity index is 510.